The summed E-state index contributed by atoms with van der Waals surface area (Å²) in [6.07, 6.45) is 5.64. The standard InChI is InChI=1S/C26H34N4O3/c1-17(2)10-22(16-31)27-13-20-4-5-24-23(12-20)29-25(21-11-18(3)26(32)28-14-21)30(24)15-19-6-8-33-9-7-19/h4-5,11-12,14,16-17,19,22,27H,6-10,13,15H2,1-3H3,(H,28,32)/t22-/m0/s1. The Morgan fingerprint density at radius 1 is 1.27 bits per heavy atom. The third-order valence-electron chi connectivity index (χ3n) is 6.40. The van der Waals surface area contributed by atoms with Gasteiger partial charge in [0.2, 0.25) is 0 Å². The van der Waals surface area contributed by atoms with Gasteiger partial charge in [0.15, 0.2) is 0 Å². The molecule has 33 heavy (non-hydrogen) atoms. The van der Waals surface area contributed by atoms with Gasteiger partial charge in [-0.3, -0.25) is 4.79 Å². The SMILES string of the molecule is Cc1cc(-c2nc3cc(CN[C@H](C=O)CC(C)C)ccc3n2CC2CCOCC2)c[nH]c1=O. The number of pyridine rings is 1. The molecule has 1 aromatic carbocycles. The molecule has 0 amide bonds. The molecule has 0 spiro atoms. The second-order valence-electron chi connectivity index (χ2n) is 9.58. The van der Waals surface area contributed by atoms with Crippen LogP contribution in [0.25, 0.3) is 22.4 Å². The van der Waals surface area contributed by atoms with E-state index in [2.05, 4.69) is 46.9 Å². The highest BCUT2D eigenvalue weighted by molar-refractivity contribution is 5.81. The molecule has 0 aliphatic carbocycles. The molecule has 1 atom stereocenters. The van der Waals surface area contributed by atoms with Gasteiger partial charge in [0.25, 0.3) is 5.56 Å². The van der Waals surface area contributed by atoms with E-state index in [9.17, 15) is 9.59 Å². The van der Waals surface area contributed by atoms with Gasteiger partial charge in [0.05, 0.1) is 17.1 Å². The molecule has 1 aliphatic rings. The molecule has 7 nitrogen and oxygen atoms in total. The van der Waals surface area contributed by atoms with Crippen LogP contribution in [-0.4, -0.2) is 40.1 Å². The van der Waals surface area contributed by atoms with E-state index in [0.29, 0.717) is 23.9 Å². The Morgan fingerprint density at radius 3 is 2.76 bits per heavy atom. The third kappa shape index (κ3) is 5.60. The summed E-state index contributed by atoms with van der Waals surface area (Å²) < 4.78 is 7.83. The van der Waals surface area contributed by atoms with Gasteiger partial charge < -0.3 is 24.4 Å². The number of nitrogens with one attached hydrogen (secondary N) is 2. The highest BCUT2D eigenvalue weighted by Crippen LogP contribution is 2.28. The minimum Gasteiger partial charge on any atom is -0.381 e. The zero-order valence-corrected chi connectivity index (χ0v) is 19.8. The molecule has 0 radical (unpaired) electrons. The van der Waals surface area contributed by atoms with Gasteiger partial charge in [0.1, 0.15) is 12.1 Å². The number of benzene rings is 1. The quantitative estimate of drug-likeness (QED) is 0.484. The van der Waals surface area contributed by atoms with Crippen LogP contribution in [0.3, 0.4) is 0 Å². The summed E-state index contributed by atoms with van der Waals surface area (Å²) in [5.74, 6) is 1.86. The molecule has 4 rings (SSSR count). The molecule has 3 heterocycles. The predicted molar refractivity (Wildman–Crippen MR) is 130 cm³/mol. The van der Waals surface area contributed by atoms with E-state index < -0.39 is 0 Å². The number of hydrogen-bond acceptors (Lipinski definition) is 5. The van der Waals surface area contributed by atoms with Gasteiger partial charge in [-0.1, -0.05) is 19.9 Å². The van der Waals surface area contributed by atoms with Gasteiger partial charge in [0, 0.05) is 43.6 Å². The number of fused-ring (bicyclic) bond motifs is 1. The Bertz CT molecular complexity index is 1160. The van der Waals surface area contributed by atoms with Crippen LogP contribution in [0.1, 0.15) is 44.2 Å². The summed E-state index contributed by atoms with van der Waals surface area (Å²) in [7, 11) is 0. The van der Waals surface area contributed by atoms with Crippen molar-refractivity contribution in [2.75, 3.05) is 13.2 Å². The Morgan fingerprint density at radius 2 is 2.06 bits per heavy atom. The van der Waals surface area contributed by atoms with Gasteiger partial charge in [-0.05, 0) is 61.8 Å². The second kappa shape index (κ2) is 10.4. The number of H-pyrrole nitrogens is 1. The van der Waals surface area contributed by atoms with Crippen molar-refractivity contribution in [2.45, 2.75) is 59.2 Å². The third-order valence-corrected chi connectivity index (χ3v) is 6.40. The maximum Gasteiger partial charge on any atom is 0.250 e. The van der Waals surface area contributed by atoms with E-state index in [1.165, 1.54) is 0 Å². The van der Waals surface area contributed by atoms with Crippen molar-refractivity contribution in [3.8, 4) is 11.4 Å². The van der Waals surface area contributed by atoms with E-state index >= 15 is 0 Å². The van der Waals surface area contributed by atoms with Crippen molar-refractivity contribution in [3.05, 3.63) is 51.9 Å². The molecule has 2 aromatic heterocycles. The monoisotopic (exact) mass is 450 g/mol. The Hall–Kier alpha value is -2.77. The number of ether oxygens (including phenoxy) is 1. The molecular weight excluding hydrogens is 416 g/mol. The normalized spacial score (nSPS) is 15.9. The number of imidazole rings is 1. The first-order chi connectivity index (χ1) is 15.9. The maximum atomic E-state index is 11.9. The number of carbonyl (C=O) groups excluding carboxylic acids is 1. The molecule has 1 aliphatic heterocycles. The van der Waals surface area contributed by atoms with Crippen molar-refractivity contribution in [2.24, 2.45) is 11.8 Å². The summed E-state index contributed by atoms with van der Waals surface area (Å²) in [6.45, 7) is 9.14. The maximum absolute atomic E-state index is 11.9. The first-order valence-corrected chi connectivity index (χ1v) is 11.9. The van der Waals surface area contributed by atoms with Crippen LogP contribution in [0.4, 0.5) is 0 Å². The van der Waals surface area contributed by atoms with Crippen LogP contribution in [-0.2, 0) is 22.6 Å². The van der Waals surface area contributed by atoms with Crippen molar-refractivity contribution in [1.29, 1.82) is 0 Å². The molecule has 7 heteroatoms. The lowest BCUT2D eigenvalue weighted by Crippen LogP contribution is -2.31. The zero-order valence-electron chi connectivity index (χ0n) is 19.8. The van der Waals surface area contributed by atoms with Crippen LogP contribution < -0.4 is 10.9 Å². The van der Waals surface area contributed by atoms with Crippen LogP contribution in [0, 0.1) is 18.8 Å². The lowest BCUT2D eigenvalue weighted by atomic mass is 10.00. The molecule has 1 fully saturated rings. The fourth-order valence-electron chi connectivity index (χ4n) is 4.55. The first kappa shape index (κ1) is 23.4. The smallest absolute Gasteiger partial charge is 0.250 e. The van der Waals surface area contributed by atoms with E-state index in [1.54, 1.807) is 6.20 Å². The fraction of sp³-hybridized carbons (Fsp3) is 0.500. The topological polar surface area (TPSA) is 89.0 Å². The van der Waals surface area contributed by atoms with Gasteiger partial charge in [-0.25, -0.2) is 4.98 Å². The molecule has 1 saturated heterocycles. The van der Waals surface area contributed by atoms with Crippen molar-refractivity contribution < 1.29 is 9.53 Å². The number of aromatic nitrogens is 3. The summed E-state index contributed by atoms with van der Waals surface area (Å²) in [6, 6.07) is 8.09. The fourth-order valence-corrected chi connectivity index (χ4v) is 4.55. The number of aldehydes is 1. The number of aromatic amines is 1. The van der Waals surface area contributed by atoms with Gasteiger partial charge >= 0.3 is 0 Å². The average molecular weight is 451 g/mol. The number of hydrogen-bond donors (Lipinski definition) is 2. The highest BCUT2D eigenvalue weighted by atomic mass is 16.5. The van der Waals surface area contributed by atoms with Crippen LogP contribution >= 0.6 is 0 Å². The summed E-state index contributed by atoms with van der Waals surface area (Å²) in [5.41, 5.74) is 4.60. The highest BCUT2D eigenvalue weighted by Gasteiger charge is 2.20. The molecule has 0 unspecified atom stereocenters. The van der Waals surface area contributed by atoms with Crippen molar-refractivity contribution >= 4 is 17.3 Å². The van der Waals surface area contributed by atoms with E-state index in [1.807, 2.05) is 13.0 Å². The molecule has 0 saturated carbocycles. The molecule has 2 N–H and O–H groups in total. The minimum atomic E-state index is -0.147. The summed E-state index contributed by atoms with van der Waals surface area (Å²) in [5, 5.41) is 3.36. The van der Waals surface area contributed by atoms with Crippen LogP contribution in [0.15, 0.2) is 35.3 Å². The van der Waals surface area contributed by atoms with Crippen molar-refractivity contribution in [3.63, 3.8) is 0 Å². The largest absolute Gasteiger partial charge is 0.381 e. The summed E-state index contributed by atoms with van der Waals surface area (Å²) in [4.78, 5) is 31.1. The lowest BCUT2D eigenvalue weighted by molar-refractivity contribution is -0.109. The molecule has 3 aromatic rings. The number of nitrogens with zero attached hydrogens (tertiary/aromatic N) is 2. The Labute approximate surface area is 194 Å². The van der Waals surface area contributed by atoms with E-state index in [-0.39, 0.29) is 11.6 Å². The average Bonchev–Trinajstić information content (AvgIpc) is 3.16. The Balaban J connectivity index is 1.67. The lowest BCUT2D eigenvalue weighted by Gasteiger charge is -2.23. The first-order valence-electron chi connectivity index (χ1n) is 11.9. The van der Waals surface area contributed by atoms with Gasteiger partial charge in [-0.2, -0.15) is 0 Å². The van der Waals surface area contributed by atoms with Gasteiger partial charge in [-0.15, -0.1) is 0 Å². The number of carbonyl (C=O) groups is 1. The van der Waals surface area contributed by atoms with E-state index in [4.69, 9.17) is 9.72 Å². The van der Waals surface area contributed by atoms with Crippen LogP contribution in [0.5, 0.6) is 0 Å². The number of aryl methyl sites for hydroxylation is 1. The number of rotatable bonds is 9. The molecular formula is C26H34N4O3. The Kier molecular flexibility index (Phi) is 7.40. The second-order valence-corrected chi connectivity index (χ2v) is 9.58. The zero-order chi connectivity index (χ0) is 23.4. The van der Waals surface area contributed by atoms with E-state index in [0.717, 1.165) is 73.3 Å². The van der Waals surface area contributed by atoms with Crippen molar-refractivity contribution in [1.82, 2.24) is 19.9 Å². The van der Waals surface area contributed by atoms with Crippen LogP contribution in [0.2, 0.25) is 0 Å². The predicted octanol–water partition coefficient (Wildman–Crippen LogP) is 3.83. The summed E-state index contributed by atoms with van der Waals surface area (Å²) >= 11 is 0. The minimum absolute atomic E-state index is 0.0784. The molecule has 0 bridgehead atoms. The molecule has 176 valence electrons.